The van der Waals surface area contributed by atoms with E-state index in [-0.39, 0.29) is 11.6 Å². The lowest BCUT2D eigenvalue weighted by Gasteiger charge is -2.23. The highest BCUT2D eigenvalue weighted by Crippen LogP contribution is 2.29. The number of aromatic nitrogens is 2. The van der Waals surface area contributed by atoms with Crippen LogP contribution in [0.2, 0.25) is 0 Å². The van der Waals surface area contributed by atoms with Crippen molar-refractivity contribution in [2.45, 2.75) is 19.4 Å². The molecule has 2 heterocycles. The zero-order valence-corrected chi connectivity index (χ0v) is 14.4. The van der Waals surface area contributed by atoms with Crippen molar-refractivity contribution in [3.8, 4) is 0 Å². The lowest BCUT2D eigenvalue weighted by Crippen LogP contribution is -2.29. The van der Waals surface area contributed by atoms with E-state index in [9.17, 15) is 14.9 Å². The summed E-state index contributed by atoms with van der Waals surface area (Å²) in [6, 6.07) is 4.54. The number of hydrogen-bond acceptors (Lipinski definition) is 5. The Hall–Kier alpha value is -2.90. The second kappa shape index (κ2) is 6.92. The summed E-state index contributed by atoms with van der Waals surface area (Å²) in [5.41, 5.74) is 1.99. The average Bonchev–Trinajstić information content (AvgIpc) is 3.25. The van der Waals surface area contributed by atoms with Gasteiger partial charge in [-0.15, -0.1) is 0 Å². The summed E-state index contributed by atoms with van der Waals surface area (Å²) < 4.78 is 1.68. The molecule has 0 spiro atoms. The van der Waals surface area contributed by atoms with Gasteiger partial charge in [-0.3, -0.25) is 19.6 Å². The first-order valence-electron chi connectivity index (χ1n) is 8.22. The Morgan fingerprint density at radius 1 is 1.36 bits per heavy atom. The highest BCUT2D eigenvalue weighted by atomic mass is 16.6. The number of aryl methyl sites for hydroxylation is 1. The van der Waals surface area contributed by atoms with Crippen LogP contribution in [0.3, 0.4) is 0 Å². The number of non-ortho nitro benzene ring substituents is 1. The molecule has 1 fully saturated rings. The molecule has 0 unspecified atom stereocenters. The molecule has 132 valence electrons. The molecule has 0 radical (unpaired) electrons. The van der Waals surface area contributed by atoms with Gasteiger partial charge in [-0.05, 0) is 18.9 Å². The smallest absolute Gasteiger partial charge is 0.270 e. The minimum absolute atomic E-state index is 0.0684. The second-order valence-electron chi connectivity index (χ2n) is 6.34. The van der Waals surface area contributed by atoms with E-state index >= 15 is 0 Å². The molecule has 8 heteroatoms. The van der Waals surface area contributed by atoms with Gasteiger partial charge in [0.15, 0.2) is 0 Å². The molecule has 1 saturated heterocycles. The number of nitrogens with zero attached hydrogens (tertiary/aromatic N) is 5. The van der Waals surface area contributed by atoms with Gasteiger partial charge in [0, 0.05) is 57.6 Å². The molecule has 25 heavy (non-hydrogen) atoms. The van der Waals surface area contributed by atoms with E-state index in [1.54, 1.807) is 28.9 Å². The van der Waals surface area contributed by atoms with Crippen LogP contribution >= 0.6 is 0 Å². The number of carbonyl (C=O) groups is 1. The third-order valence-corrected chi connectivity index (χ3v) is 4.39. The first-order chi connectivity index (χ1) is 12.0. The lowest BCUT2D eigenvalue weighted by atomic mass is 10.1. The van der Waals surface area contributed by atoms with Crippen molar-refractivity contribution < 1.29 is 9.72 Å². The Kier molecular flexibility index (Phi) is 4.69. The first-order valence-corrected chi connectivity index (χ1v) is 8.22. The van der Waals surface area contributed by atoms with Crippen molar-refractivity contribution in [2.24, 2.45) is 7.05 Å². The average molecular weight is 343 g/mol. The van der Waals surface area contributed by atoms with Gasteiger partial charge in [0.25, 0.3) is 11.6 Å². The molecule has 0 saturated carbocycles. The molecular formula is C17H21N5O3. The molecule has 0 aliphatic carbocycles. The van der Waals surface area contributed by atoms with Gasteiger partial charge in [-0.1, -0.05) is 0 Å². The van der Waals surface area contributed by atoms with Crippen LogP contribution in [0.4, 0.5) is 11.4 Å². The van der Waals surface area contributed by atoms with Crippen LogP contribution in [-0.2, 0) is 13.6 Å². The quantitative estimate of drug-likeness (QED) is 0.614. The number of anilines is 1. The number of nitro benzene ring substituents is 1. The molecule has 1 aromatic heterocycles. The number of nitro groups is 1. The number of amides is 1. The fourth-order valence-electron chi connectivity index (χ4n) is 3.15. The molecular weight excluding hydrogens is 322 g/mol. The van der Waals surface area contributed by atoms with E-state index in [4.69, 9.17) is 0 Å². The Balaban J connectivity index is 1.90. The predicted octanol–water partition coefficient (Wildman–Crippen LogP) is 2.20. The summed E-state index contributed by atoms with van der Waals surface area (Å²) in [6.07, 6.45) is 5.68. The van der Waals surface area contributed by atoms with E-state index in [1.165, 1.54) is 12.1 Å². The molecule has 0 bridgehead atoms. The van der Waals surface area contributed by atoms with Gasteiger partial charge in [-0.2, -0.15) is 5.10 Å². The zero-order chi connectivity index (χ0) is 18.0. The Labute approximate surface area is 145 Å². The van der Waals surface area contributed by atoms with Crippen LogP contribution in [-0.4, -0.2) is 45.6 Å². The van der Waals surface area contributed by atoms with Crippen molar-refractivity contribution in [3.05, 3.63) is 51.8 Å². The lowest BCUT2D eigenvalue weighted by molar-refractivity contribution is -0.384. The number of rotatable bonds is 5. The van der Waals surface area contributed by atoms with Crippen LogP contribution < -0.4 is 4.90 Å². The molecule has 0 atom stereocenters. The van der Waals surface area contributed by atoms with Gasteiger partial charge >= 0.3 is 0 Å². The normalized spacial score (nSPS) is 13.9. The maximum atomic E-state index is 13.0. The van der Waals surface area contributed by atoms with Crippen molar-refractivity contribution in [3.63, 3.8) is 0 Å². The molecule has 8 nitrogen and oxygen atoms in total. The topological polar surface area (TPSA) is 84.5 Å². The van der Waals surface area contributed by atoms with E-state index in [0.29, 0.717) is 12.1 Å². The molecule has 1 aliphatic heterocycles. The van der Waals surface area contributed by atoms with Crippen LogP contribution in [0.15, 0.2) is 30.6 Å². The molecule has 1 amide bonds. The molecule has 3 rings (SSSR count). The highest BCUT2D eigenvalue weighted by molar-refractivity contribution is 6.00. The van der Waals surface area contributed by atoms with Gasteiger partial charge in [-0.25, -0.2) is 0 Å². The van der Waals surface area contributed by atoms with Gasteiger partial charge in [0.2, 0.25) is 0 Å². The molecule has 2 aromatic rings. The third-order valence-electron chi connectivity index (χ3n) is 4.39. The maximum absolute atomic E-state index is 13.0. The Morgan fingerprint density at radius 2 is 2.08 bits per heavy atom. The largest absolute Gasteiger partial charge is 0.371 e. The van der Waals surface area contributed by atoms with Crippen molar-refractivity contribution in [1.29, 1.82) is 0 Å². The van der Waals surface area contributed by atoms with Crippen molar-refractivity contribution >= 4 is 17.3 Å². The first kappa shape index (κ1) is 16.9. The van der Waals surface area contributed by atoms with Crippen LogP contribution in [0.5, 0.6) is 0 Å². The zero-order valence-electron chi connectivity index (χ0n) is 14.4. The second-order valence-corrected chi connectivity index (χ2v) is 6.34. The fourth-order valence-corrected chi connectivity index (χ4v) is 3.15. The molecule has 1 aromatic carbocycles. The maximum Gasteiger partial charge on any atom is 0.270 e. The monoisotopic (exact) mass is 343 g/mol. The van der Waals surface area contributed by atoms with E-state index in [0.717, 1.165) is 37.2 Å². The number of carbonyl (C=O) groups excluding carboxylic acids is 1. The van der Waals surface area contributed by atoms with Crippen molar-refractivity contribution in [1.82, 2.24) is 14.7 Å². The summed E-state index contributed by atoms with van der Waals surface area (Å²) >= 11 is 0. The number of hydrogen-bond donors (Lipinski definition) is 0. The minimum atomic E-state index is -0.467. The Morgan fingerprint density at radius 3 is 2.68 bits per heavy atom. The van der Waals surface area contributed by atoms with Gasteiger partial charge in [0.05, 0.1) is 22.4 Å². The van der Waals surface area contributed by atoms with Crippen LogP contribution in [0.25, 0.3) is 0 Å². The van der Waals surface area contributed by atoms with E-state index < -0.39 is 4.92 Å². The van der Waals surface area contributed by atoms with Gasteiger partial charge in [0.1, 0.15) is 0 Å². The standard InChI is InChI=1S/C17H21N5O3/c1-19(11-13-10-18-20(2)12-13)17(23)15-9-14(22(24)25)5-6-16(15)21-7-3-4-8-21/h5-6,9-10,12H,3-4,7-8,11H2,1-2H3. The van der Waals surface area contributed by atoms with Crippen LogP contribution in [0.1, 0.15) is 28.8 Å². The summed E-state index contributed by atoms with van der Waals surface area (Å²) in [5, 5.41) is 15.2. The van der Waals surface area contributed by atoms with E-state index in [2.05, 4.69) is 10.00 Å². The minimum Gasteiger partial charge on any atom is -0.371 e. The summed E-state index contributed by atoms with van der Waals surface area (Å²) in [4.78, 5) is 27.3. The Bertz CT molecular complexity index is 795. The highest BCUT2D eigenvalue weighted by Gasteiger charge is 2.24. The fraction of sp³-hybridized carbons (Fsp3) is 0.412. The van der Waals surface area contributed by atoms with E-state index in [1.807, 2.05) is 13.2 Å². The molecule has 0 N–H and O–H groups in total. The molecule has 1 aliphatic rings. The number of benzene rings is 1. The SMILES string of the molecule is CN(Cc1cnn(C)c1)C(=O)c1cc([N+](=O)[O-])ccc1N1CCCC1. The summed E-state index contributed by atoms with van der Waals surface area (Å²) in [6.45, 7) is 2.13. The van der Waals surface area contributed by atoms with Crippen LogP contribution in [0, 0.1) is 10.1 Å². The third kappa shape index (κ3) is 3.62. The summed E-state index contributed by atoms with van der Waals surface area (Å²) in [5.74, 6) is -0.227. The predicted molar refractivity (Wildman–Crippen MR) is 93.5 cm³/mol. The summed E-state index contributed by atoms with van der Waals surface area (Å²) in [7, 11) is 3.51. The van der Waals surface area contributed by atoms with Gasteiger partial charge < -0.3 is 9.80 Å². The van der Waals surface area contributed by atoms with Crippen molar-refractivity contribution in [2.75, 3.05) is 25.0 Å².